The number of aromatic amines is 1. The maximum atomic E-state index is 11.4. The van der Waals surface area contributed by atoms with Gasteiger partial charge in [0.2, 0.25) is 0 Å². The smallest absolute Gasteiger partial charge is 0.288 e. The van der Waals surface area contributed by atoms with Gasteiger partial charge in [-0.2, -0.15) is 5.10 Å². The zero-order valence-corrected chi connectivity index (χ0v) is 9.50. The monoisotopic (exact) mass is 255 g/mol. The summed E-state index contributed by atoms with van der Waals surface area (Å²) in [6, 6.07) is 1.78. The first-order chi connectivity index (χ1) is 6.59. The molecule has 0 bridgehead atoms. The molecule has 2 aromatic heterocycles. The number of halogens is 1. The van der Waals surface area contributed by atoms with E-state index in [1.807, 2.05) is 24.4 Å². The second-order valence-corrected chi connectivity index (χ2v) is 4.39. The van der Waals surface area contributed by atoms with Crippen LogP contribution in [0.1, 0.15) is 25.6 Å². The van der Waals surface area contributed by atoms with Crippen molar-refractivity contribution < 1.29 is 0 Å². The molecule has 74 valence electrons. The van der Waals surface area contributed by atoms with E-state index in [-0.39, 0.29) is 11.5 Å². The Morgan fingerprint density at radius 3 is 2.93 bits per heavy atom. The van der Waals surface area contributed by atoms with Crippen molar-refractivity contribution in [2.24, 2.45) is 0 Å². The molecule has 0 spiro atoms. The quantitative estimate of drug-likeness (QED) is 0.847. The standard InChI is InChI=1S/C9H10BrN3O/c1-5(2)8-11-12-9(14)7-3-6(10)4-13(7)8/h3-5H,1-2H3,(H,12,14). The van der Waals surface area contributed by atoms with Crippen molar-refractivity contribution in [3.8, 4) is 0 Å². The summed E-state index contributed by atoms with van der Waals surface area (Å²) in [4.78, 5) is 11.4. The van der Waals surface area contributed by atoms with E-state index in [2.05, 4.69) is 26.1 Å². The Morgan fingerprint density at radius 2 is 2.29 bits per heavy atom. The van der Waals surface area contributed by atoms with Crippen molar-refractivity contribution >= 4 is 21.4 Å². The van der Waals surface area contributed by atoms with Crippen LogP contribution in [-0.4, -0.2) is 14.6 Å². The second kappa shape index (κ2) is 3.24. The second-order valence-electron chi connectivity index (χ2n) is 3.48. The highest BCUT2D eigenvalue weighted by Gasteiger charge is 2.09. The summed E-state index contributed by atoms with van der Waals surface area (Å²) in [5.41, 5.74) is 0.454. The minimum atomic E-state index is -0.167. The minimum Gasteiger partial charge on any atom is -0.297 e. The number of hydrogen-bond acceptors (Lipinski definition) is 2. The number of fused-ring (bicyclic) bond motifs is 1. The highest BCUT2D eigenvalue weighted by Crippen LogP contribution is 2.17. The summed E-state index contributed by atoms with van der Waals surface area (Å²) in [6.07, 6.45) is 1.85. The van der Waals surface area contributed by atoms with E-state index in [0.717, 1.165) is 10.3 Å². The van der Waals surface area contributed by atoms with Crippen LogP contribution >= 0.6 is 15.9 Å². The van der Waals surface area contributed by atoms with E-state index in [9.17, 15) is 4.79 Å². The van der Waals surface area contributed by atoms with Gasteiger partial charge in [-0.25, -0.2) is 5.10 Å². The summed E-state index contributed by atoms with van der Waals surface area (Å²) < 4.78 is 2.70. The Hall–Kier alpha value is -1.10. The van der Waals surface area contributed by atoms with E-state index >= 15 is 0 Å². The average molecular weight is 256 g/mol. The fourth-order valence-corrected chi connectivity index (χ4v) is 1.84. The lowest BCUT2D eigenvalue weighted by atomic mass is 10.2. The third-order valence-corrected chi connectivity index (χ3v) is 2.49. The van der Waals surface area contributed by atoms with Crippen molar-refractivity contribution in [3.05, 3.63) is 32.9 Å². The molecule has 0 aliphatic carbocycles. The molecule has 2 heterocycles. The van der Waals surface area contributed by atoms with Gasteiger partial charge in [-0.15, -0.1) is 0 Å². The molecule has 0 fully saturated rings. The largest absolute Gasteiger partial charge is 0.297 e. The first-order valence-electron chi connectivity index (χ1n) is 4.36. The lowest BCUT2D eigenvalue weighted by Gasteiger charge is -2.06. The maximum Gasteiger partial charge on any atom is 0.288 e. The molecule has 0 saturated heterocycles. The third kappa shape index (κ3) is 1.37. The first kappa shape index (κ1) is 9.45. The topological polar surface area (TPSA) is 50.2 Å². The summed E-state index contributed by atoms with van der Waals surface area (Å²) in [5.74, 6) is 1.12. The maximum absolute atomic E-state index is 11.4. The van der Waals surface area contributed by atoms with Gasteiger partial charge in [-0.1, -0.05) is 13.8 Å². The van der Waals surface area contributed by atoms with Crippen LogP contribution in [-0.2, 0) is 0 Å². The zero-order valence-electron chi connectivity index (χ0n) is 7.91. The molecule has 0 radical (unpaired) electrons. The molecular weight excluding hydrogens is 246 g/mol. The summed E-state index contributed by atoms with van der Waals surface area (Å²) in [6.45, 7) is 4.07. The molecule has 0 amide bonds. The number of rotatable bonds is 1. The molecule has 2 aromatic rings. The molecule has 2 rings (SSSR count). The Balaban J connectivity index is 2.88. The number of nitrogens with zero attached hydrogens (tertiary/aromatic N) is 2. The molecule has 0 aliphatic heterocycles. The predicted octanol–water partition coefficient (Wildman–Crippen LogP) is 1.91. The molecule has 1 N–H and O–H groups in total. The summed E-state index contributed by atoms with van der Waals surface area (Å²) >= 11 is 3.34. The molecule has 4 nitrogen and oxygen atoms in total. The van der Waals surface area contributed by atoms with Gasteiger partial charge >= 0.3 is 0 Å². The van der Waals surface area contributed by atoms with Gasteiger partial charge in [0, 0.05) is 16.6 Å². The Bertz CT molecular complexity index is 526. The molecule has 0 atom stereocenters. The number of hydrogen-bond donors (Lipinski definition) is 1. The van der Waals surface area contributed by atoms with Crippen molar-refractivity contribution in [3.63, 3.8) is 0 Å². The van der Waals surface area contributed by atoms with Crippen LogP contribution in [0, 0.1) is 0 Å². The molecule has 5 heteroatoms. The SMILES string of the molecule is CC(C)c1n[nH]c(=O)c2cc(Br)cn12. The van der Waals surface area contributed by atoms with Crippen LogP contribution in [0.4, 0.5) is 0 Å². The normalized spacial score (nSPS) is 11.4. The Kier molecular flexibility index (Phi) is 2.19. The molecule has 0 aliphatic rings. The molecule has 14 heavy (non-hydrogen) atoms. The fourth-order valence-electron chi connectivity index (χ4n) is 1.42. The number of aromatic nitrogens is 3. The minimum absolute atomic E-state index is 0.167. The summed E-state index contributed by atoms with van der Waals surface area (Å²) in [7, 11) is 0. The van der Waals surface area contributed by atoms with Crippen LogP contribution in [0.3, 0.4) is 0 Å². The lowest BCUT2D eigenvalue weighted by Crippen LogP contribution is -2.15. The van der Waals surface area contributed by atoms with Crippen molar-refractivity contribution in [2.45, 2.75) is 19.8 Å². The molecule has 0 aromatic carbocycles. The van der Waals surface area contributed by atoms with Gasteiger partial charge in [0.1, 0.15) is 11.3 Å². The number of H-pyrrole nitrogens is 1. The molecule has 0 saturated carbocycles. The fraction of sp³-hybridized carbons (Fsp3) is 0.333. The van der Waals surface area contributed by atoms with Crippen molar-refractivity contribution in [2.75, 3.05) is 0 Å². The molecular formula is C9H10BrN3O. The van der Waals surface area contributed by atoms with Crippen LogP contribution in [0.15, 0.2) is 21.5 Å². The van der Waals surface area contributed by atoms with Gasteiger partial charge in [0.15, 0.2) is 0 Å². The third-order valence-electron chi connectivity index (χ3n) is 2.05. The van der Waals surface area contributed by atoms with E-state index in [1.54, 1.807) is 6.07 Å². The van der Waals surface area contributed by atoms with Crippen molar-refractivity contribution in [1.29, 1.82) is 0 Å². The lowest BCUT2D eigenvalue weighted by molar-refractivity contribution is 0.711. The van der Waals surface area contributed by atoms with Crippen LogP contribution in [0.2, 0.25) is 0 Å². The van der Waals surface area contributed by atoms with Crippen molar-refractivity contribution in [1.82, 2.24) is 14.6 Å². The van der Waals surface area contributed by atoms with E-state index in [4.69, 9.17) is 0 Å². The van der Waals surface area contributed by atoms with Gasteiger partial charge < -0.3 is 0 Å². The van der Waals surface area contributed by atoms with Gasteiger partial charge in [-0.3, -0.25) is 9.20 Å². The van der Waals surface area contributed by atoms with Crippen LogP contribution in [0.5, 0.6) is 0 Å². The number of nitrogens with one attached hydrogen (secondary N) is 1. The summed E-state index contributed by atoms with van der Waals surface area (Å²) in [5, 5.41) is 6.51. The predicted molar refractivity (Wildman–Crippen MR) is 57.6 cm³/mol. The molecule has 0 unspecified atom stereocenters. The average Bonchev–Trinajstić information content (AvgIpc) is 2.47. The highest BCUT2D eigenvalue weighted by atomic mass is 79.9. The van der Waals surface area contributed by atoms with Gasteiger partial charge in [0.25, 0.3) is 5.56 Å². The van der Waals surface area contributed by atoms with E-state index in [0.29, 0.717) is 5.52 Å². The Morgan fingerprint density at radius 1 is 1.57 bits per heavy atom. The zero-order chi connectivity index (χ0) is 10.3. The van der Waals surface area contributed by atoms with Gasteiger partial charge in [0.05, 0.1) is 0 Å². The Labute approximate surface area is 89.1 Å². The van der Waals surface area contributed by atoms with E-state index in [1.165, 1.54) is 0 Å². The van der Waals surface area contributed by atoms with Crippen LogP contribution in [0.25, 0.3) is 5.52 Å². The van der Waals surface area contributed by atoms with Gasteiger partial charge in [-0.05, 0) is 22.0 Å². The van der Waals surface area contributed by atoms with E-state index < -0.39 is 0 Å². The first-order valence-corrected chi connectivity index (χ1v) is 5.15. The van der Waals surface area contributed by atoms with Crippen LogP contribution < -0.4 is 5.56 Å². The highest BCUT2D eigenvalue weighted by molar-refractivity contribution is 9.10.